The van der Waals surface area contributed by atoms with Crippen LogP contribution in [0.2, 0.25) is 0 Å². The lowest BCUT2D eigenvalue weighted by Crippen LogP contribution is -2.39. The molecule has 2 rings (SSSR count). The molecular weight excluding hydrogens is 334 g/mol. The number of amides is 1. The van der Waals surface area contributed by atoms with Crippen LogP contribution < -0.4 is 22.3 Å². The summed E-state index contributed by atoms with van der Waals surface area (Å²) in [5.41, 5.74) is 5.53. The molecule has 0 unspecified atom stereocenters. The molecular formula is C18H27N5O3. The van der Waals surface area contributed by atoms with Gasteiger partial charge in [0.25, 0.3) is 11.5 Å². The Kier molecular flexibility index (Phi) is 5.97. The van der Waals surface area contributed by atoms with E-state index in [0.29, 0.717) is 12.2 Å². The summed E-state index contributed by atoms with van der Waals surface area (Å²) in [6.45, 7) is 10.3. The van der Waals surface area contributed by atoms with E-state index in [1.807, 2.05) is 27.7 Å². The van der Waals surface area contributed by atoms with Gasteiger partial charge in [0.15, 0.2) is 5.65 Å². The van der Waals surface area contributed by atoms with E-state index in [2.05, 4.69) is 15.3 Å². The predicted octanol–water partition coefficient (Wildman–Crippen LogP) is 0.941. The van der Waals surface area contributed by atoms with E-state index >= 15 is 0 Å². The Labute approximate surface area is 151 Å². The zero-order valence-electron chi connectivity index (χ0n) is 15.9. The van der Waals surface area contributed by atoms with Gasteiger partial charge in [-0.05, 0) is 24.8 Å². The molecule has 8 heteroatoms. The highest BCUT2D eigenvalue weighted by Gasteiger charge is 2.21. The second-order valence-electron chi connectivity index (χ2n) is 7.32. The summed E-state index contributed by atoms with van der Waals surface area (Å²) in [6, 6.07) is 1.37. The second-order valence-corrected chi connectivity index (χ2v) is 7.32. The van der Waals surface area contributed by atoms with E-state index in [9.17, 15) is 14.4 Å². The van der Waals surface area contributed by atoms with Gasteiger partial charge in [0.05, 0.1) is 10.9 Å². The fourth-order valence-corrected chi connectivity index (χ4v) is 2.66. The van der Waals surface area contributed by atoms with Crippen LogP contribution in [0, 0.1) is 5.92 Å². The van der Waals surface area contributed by atoms with Gasteiger partial charge >= 0.3 is 5.69 Å². The Morgan fingerprint density at radius 3 is 2.46 bits per heavy atom. The lowest BCUT2D eigenvalue weighted by molar-refractivity contribution is 0.0942. The molecule has 0 radical (unpaired) electrons. The number of carbonyl (C=O) groups excluding carboxylic acids is 1. The molecule has 8 nitrogen and oxygen atoms in total. The van der Waals surface area contributed by atoms with Crippen molar-refractivity contribution in [1.82, 2.24) is 19.9 Å². The molecule has 0 aliphatic heterocycles. The largest absolute Gasteiger partial charge is 0.348 e. The van der Waals surface area contributed by atoms with E-state index in [4.69, 9.17) is 5.73 Å². The standard InChI is InChI=1S/C18H27N5O3/c1-9(2)8-23-15-14(17(25)22-18(23)26)12(6-13(21-15)10(3)4)16(24)20-11(5)7-19/h6,9-11H,7-8,19H2,1-5H3,(H,20,24)(H,22,25,26)/t11-/m0/s1. The number of hydrogen-bond donors (Lipinski definition) is 3. The molecule has 0 aromatic carbocycles. The summed E-state index contributed by atoms with van der Waals surface area (Å²) in [6.07, 6.45) is 0. The first-order chi connectivity index (χ1) is 12.1. The first kappa shape index (κ1) is 19.8. The summed E-state index contributed by atoms with van der Waals surface area (Å²) in [5.74, 6) is -0.210. The van der Waals surface area contributed by atoms with Gasteiger partial charge in [-0.15, -0.1) is 0 Å². The summed E-state index contributed by atoms with van der Waals surface area (Å²) < 4.78 is 1.43. The van der Waals surface area contributed by atoms with E-state index in [-0.39, 0.29) is 41.0 Å². The average molecular weight is 361 g/mol. The SMILES string of the molecule is CC(C)Cn1c(=O)[nH]c(=O)c2c(C(=O)N[C@@H](C)CN)cc(C(C)C)nc21. The minimum Gasteiger partial charge on any atom is -0.348 e. The first-order valence-electron chi connectivity index (χ1n) is 8.84. The summed E-state index contributed by atoms with van der Waals surface area (Å²) >= 11 is 0. The monoisotopic (exact) mass is 361 g/mol. The minimum absolute atomic E-state index is 0.0276. The molecule has 2 aromatic rings. The van der Waals surface area contributed by atoms with E-state index in [1.54, 1.807) is 13.0 Å². The van der Waals surface area contributed by atoms with Gasteiger partial charge < -0.3 is 11.1 Å². The third kappa shape index (κ3) is 4.01. The second kappa shape index (κ2) is 7.82. The molecule has 0 saturated carbocycles. The molecule has 2 aromatic heterocycles. The van der Waals surface area contributed by atoms with Gasteiger partial charge in [0, 0.05) is 24.8 Å². The summed E-state index contributed by atoms with van der Waals surface area (Å²) in [7, 11) is 0. The average Bonchev–Trinajstić information content (AvgIpc) is 2.56. The maximum Gasteiger partial charge on any atom is 0.330 e. The van der Waals surface area contributed by atoms with Crippen LogP contribution in [0.5, 0.6) is 0 Å². The van der Waals surface area contributed by atoms with Crippen LogP contribution in [0.1, 0.15) is 56.6 Å². The van der Waals surface area contributed by atoms with Crippen molar-refractivity contribution < 1.29 is 4.79 Å². The summed E-state index contributed by atoms with van der Waals surface area (Å²) in [4.78, 5) is 44.4. The highest BCUT2D eigenvalue weighted by Crippen LogP contribution is 2.20. The molecule has 0 aliphatic rings. The number of nitrogens with one attached hydrogen (secondary N) is 2. The van der Waals surface area contributed by atoms with Crippen LogP contribution in [0.25, 0.3) is 11.0 Å². The highest BCUT2D eigenvalue weighted by atomic mass is 16.2. The Morgan fingerprint density at radius 1 is 1.27 bits per heavy atom. The van der Waals surface area contributed by atoms with Crippen molar-refractivity contribution in [3.8, 4) is 0 Å². The normalized spacial score (nSPS) is 12.8. The number of fused-ring (bicyclic) bond motifs is 1. The molecule has 0 aliphatic carbocycles. The topological polar surface area (TPSA) is 123 Å². The Hall–Kier alpha value is -2.48. The number of rotatable bonds is 6. The van der Waals surface area contributed by atoms with Gasteiger partial charge in [0.2, 0.25) is 0 Å². The van der Waals surface area contributed by atoms with Gasteiger partial charge in [-0.2, -0.15) is 0 Å². The van der Waals surface area contributed by atoms with E-state index in [0.717, 1.165) is 0 Å². The molecule has 2 heterocycles. The Morgan fingerprint density at radius 2 is 1.92 bits per heavy atom. The fraction of sp³-hybridized carbons (Fsp3) is 0.556. The van der Waals surface area contributed by atoms with Crippen molar-refractivity contribution in [1.29, 1.82) is 0 Å². The van der Waals surface area contributed by atoms with Crippen LogP contribution >= 0.6 is 0 Å². The van der Waals surface area contributed by atoms with Crippen LogP contribution in [0.15, 0.2) is 15.7 Å². The number of nitrogens with two attached hydrogens (primary N) is 1. The van der Waals surface area contributed by atoms with Gasteiger partial charge in [-0.1, -0.05) is 27.7 Å². The fourth-order valence-electron chi connectivity index (χ4n) is 2.66. The van der Waals surface area contributed by atoms with Gasteiger partial charge in [-0.3, -0.25) is 19.1 Å². The number of aromatic amines is 1. The summed E-state index contributed by atoms with van der Waals surface area (Å²) in [5, 5.41) is 2.90. The quantitative estimate of drug-likeness (QED) is 0.707. The smallest absolute Gasteiger partial charge is 0.330 e. The number of carbonyl (C=O) groups is 1. The van der Waals surface area contributed by atoms with Gasteiger partial charge in [-0.25, -0.2) is 9.78 Å². The number of nitrogens with zero attached hydrogens (tertiary/aromatic N) is 2. The molecule has 1 amide bonds. The Bertz CT molecular complexity index is 927. The van der Waals surface area contributed by atoms with E-state index < -0.39 is 17.2 Å². The third-order valence-corrected chi connectivity index (χ3v) is 4.08. The minimum atomic E-state index is -0.613. The molecule has 0 spiro atoms. The van der Waals surface area contributed by atoms with Crippen molar-refractivity contribution in [2.75, 3.05) is 6.54 Å². The van der Waals surface area contributed by atoms with Crippen LogP contribution in [-0.4, -0.2) is 33.0 Å². The van der Waals surface area contributed by atoms with Crippen LogP contribution in [0.3, 0.4) is 0 Å². The predicted molar refractivity (Wildman–Crippen MR) is 102 cm³/mol. The van der Waals surface area contributed by atoms with Crippen LogP contribution in [-0.2, 0) is 6.54 Å². The van der Waals surface area contributed by atoms with Crippen molar-refractivity contribution >= 4 is 16.9 Å². The van der Waals surface area contributed by atoms with Crippen LogP contribution in [0.4, 0.5) is 0 Å². The first-order valence-corrected chi connectivity index (χ1v) is 8.84. The molecule has 142 valence electrons. The molecule has 0 fully saturated rings. The number of H-pyrrole nitrogens is 1. The zero-order valence-corrected chi connectivity index (χ0v) is 15.9. The molecule has 1 atom stereocenters. The van der Waals surface area contributed by atoms with Crippen molar-refractivity contribution in [3.05, 3.63) is 38.2 Å². The lowest BCUT2D eigenvalue weighted by Gasteiger charge is -2.17. The zero-order chi connectivity index (χ0) is 19.6. The number of aromatic nitrogens is 3. The molecule has 26 heavy (non-hydrogen) atoms. The maximum absolute atomic E-state index is 12.7. The lowest BCUT2D eigenvalue weighted by atomic mass is 10.0. The van der Waals surface area contributed by atoms with Crippen molar-refractivity contribution in [2.45, 2.75) is 53.1 Å². The molecule has 0 bridgehead atoms. The third-order valence-electron chi connectivity index (χ3n) is 4.08. The van der Waals surface area contributed by atoms with Gasteiger partial charge in [0.1, 0.15) is 0 Å². The Balaban J connectivity index is 2.84. The number of pyridine rings is 1. The highest BCUT2D eigenvalue weighted by molar-refractivity contribution is 6.05. The molecule has 4 N–H and O–H groups in total. The van der Waals surface area contributed by atoms with E-state index in [1.165, 1.54) is 4.57 Å². The molecule has 0 saturated heterocycles. The van der Waals surface area contributed by atoms with Crippen molar-refractivity contribution in [2.24, 2.45) is 11.7 Å². The van der Waals surface area contributed by atoms with Crippen molar-refractivity contribution in [3.63, 3.8) is 0 Å². The maximum atomic E-state index is 12.7. The number of hydrogen-bond acceptors (Lipinski definition) is 5.